The largest absolute Gasteiger partial charge is 0.339 e. The first kappa shape index (κ1) is 16.5. The van der Waals surface area contributed by atoms with Crippen LogP contribution in [0.5, 0.6) is 0 Å². The van der Waals surface area contributed by atoms with E-state index in [0.717, 1.165) is 25.0 Å². The molecule has 0 bridgehead atoms. The van der Waals surface area contributed by atoms with Crippen LogP contribution in [0.4, 0.5) is 4.79 Å². The van der Waals surface area contributed by atoms with Crippen LogP contribution in [0, 0.1) is 5.92 Å². The maximum atomic E-state index is 12.5. The van der Waals surface area contributed by atoms with Gasteiger partial charge in [-0.15, -0.1) is 0 Å². The summed E-state index contributed by atoms with van der Waals surface area (Å²) in [5.41, 5.74) is 0.984. The monoisotopic (exact) mass is 281 g/mol. The van der Waals surface area contributed by atoms with Crippen molar-refractivity contribution in [2.45, 2.75) is 26.7 Å². The number of rotatable bonds is 4. The van der Waals surface area contributed by atoms with E-state index in [9.17, 15) is 9.59 Å². The van der Waals surface area contributed by atoms with E-state index in [0.29, 0.717) is 19.6 Å². The lowest BCUT2D eigenvalue weighted by molar-refractivity contribution is -0.136. The smallest absolute Gasteiger partial charge is 0.319 e. The molecule has 0 saturated carbocycles. The molecule has 5 nitrogen and oxygen atoms in total. The Morgan fingerprint density at radius 1 is 1.35 bits per heavy atom. The van der Waals surface area contributed by atoms with Crippen LogP contribution >= 0.6 is 0 Å². The summed E-state index contributed by atoms with van der Waals surface area (Å²) in [7, 11) is 3.49. The molecule has 1 aliphatic rings. The van der Waals surface area contributed by atoms with Gasteiger partial charge in [0.05, 0.1) is 5.92 Å². The van der Waals surface area contributed by atoms with E-state index in [1.54, 1.807) is 23.9 Å². The molecule has 0 radical (unpaired) electrons. The molecule has 1 saturated heterocycles. The molecule has 0 aromatic carbocycles. The molecule has 0 spiro atoms. The van der Waals surface area contributed by atoms with Gasteiger partial charge in [-0.05, 0) is 26.7 Å². The maximum absolute atomic E-state index is 12.5. The summed E-state index contributed by atoms with van der Waals surface area (Å²) >= 11 is 0. The predicted molar refractivity (Wildman–Crippen MR) is 80.4 cm³/mol. The number of likely N-dealkylation sites (tertiary alicyclic amines) is 1. The van der Waals surface area contributed by atoms with E-state index in [1.165, 1.54) is 0 Å². The molecule has 114 valence electrons. The number of urea groups is 1. The van der Waals surface area contributed by atoms with Crippen LogP contribution in [0.3, 0.4) is 0 Å². The third-order valence-corrected chi connectivity index (χ3v) is 3.58. The van der Waals surface area contributed by atoms with Gasteiger partial charge in [0.25, 0.3) is 0 Å². The molecule has 0 aromatic rings. The van der Waals surface area contributed by atoms with Crippen molar-refractivity contribution in [2.75, 3.05) is 40.3 Å². The minimum absolute atomic E-state index is 0.00884. The first-order chi connectivity index (χ1) is 9.36. The van der Waals surface area contributed by atoms with Gasteiger partial charge < -0.3 is 14.7 Å². The number of hydrogen-bond acceptors (Lipinski definition) is 2. The Kier molecular flexibility index (Phi) is 6.05. The summed E-state index contributed by atoms with van der Waals surface area (Å²) < 4.78 is 0. The predicted octanol–water partition coefficient (Wildman–Crippen LogP) is 1.80. The maximum Gasteiger partial charge on any atom is 0.319 e. The lowest BCUT2D eigenvalue weighted by Gasteiger charge is -2.36. The number of likely N-dealkylation sites (N-methyl/N-ethyl adjacent to an activating group) is 1. The molecule has 0 N–H and O–H groups in total. The Bertz CT molecular complexity index is 379. The Labute approximate surface area is 122 Å². The highest BCUT2D eigenvalue weighted by Gasteiger charge is 2.31. The van der Waals surface area contributed by atoms with Gasteiger partial charge in [0, 0.05) is 40.3 Å². The van der Waals surface area contributed by atoms with Crippen molar-refractivity contribution in [1.29, 1.82) is 0 Å². The van der Waals surface area contributed by atoms with Gasteiger partial charge in [-0.25, -0.2) is 4.79 Å². The highest BCUT2D eigenvalue weighted by atomic mass is 16.2. The molecule has 1 atom stereocenters. The lowest BCUT2D eigenvalue weighted by Crippen LogP contribution is -2.49. The number of piperidine rings is 1. The summed E-state index contributed by atoms with van der Waals surface area (Å²) in [6.45, 7) is 10.3. The van der Waals surface area contributed by atoms with Crippen LogP contribution in [0.1, 0.15) is 26.7 Å². The molecule has 5 heteroatoms. The van der Waals surface area contributed by atoms with Crippen LogP contribution in [0.2, 0.25) is 0 Å². The quantitative estimate of drug-likeness (QED) is 0.738. The number of amides is 3. The molecular formula is C15H27N3O2. The topological polar surface area (TPSA) is 43.9 Å². The number of hydrogen-bond donors (Lipinski definition) is 0. The van der Waals surface area contributed by atoms with Gasteiger partial charge in [0.15, 0.2) is 0 Å². The fourth-order valence-corrected chi connectivity index (χ4v) is 2.56. The standard InChI is InChI=1S/C15H27N3O2/c1-6-17(10-12(2)3)14(19)13-8-7-9-18(11-13)15(20)16(4)5/h13H,2,6-11H2,1,3-5H3/t13-/m1/s1. The SMILES string of the molecule is C=C(C)CN(CC)C(=O)[C@@H]1CCCN(C(=O)N(C)C)C1. The summed E-state index contributed by atoms with van der Waals surface area (Å²) in [4.78, 5) is 29.7. The number of nitrogens with zero attached hydrogens (tertiary/aromatic N) is 3. The van der Waals surface area contributed by atoms with Crippen LogP contribution in [-0.4, -0.2) is 66.9 Å². The normalized spacial score (nSPS) is 18.6. The van der Waals surface area contributed by atoms with Gasteiger partial charge in [0.1, 0.15) is 0 Å². The highest BCUT2D eigenvalue weighted by Crippen LogP contribution is 2.20. The molecule has 0 aromatic heterocycles. The van der Waals surface area contributed by atoms with E-state index in [4.69, 9.17) is 0 Å². The van der Waals surface area contributed by atoms with Crippen LogP contribution in [0.25, 0.3) is 0 Å². The average molecular weight is 281 g/mol. The Balaban J connectivity index is 2.68. The van der Waals surface area contributed by atoms with Crippen molar-refractivity contribution in [2.24, 2.45) is 5.92 Å². The van der Waals surface area contributed by atoms with Gasteiger partial charge in [-0.3, -0.25) is 4.79 Å². The van der Waals surface area contributed by atoms with Crippen LogP contribution in [-0.2, 0) is 4.79 Å². The lowest BCUT2D eigenvalue weighted by atomic mass is 9.96. The zero-order valence-corrected chi connectivity index (χ0v) is 13.2. The summed E-state index contributed by atoms with van der Waals surface area (Å²) in [5.74, 6) is 0.0682. The molecule has 0 unspecified atom stereocenters. The van der Waals surface area contributed by atoms with Gasteiger partial charge in [-0.1, -0.05) is 12.2 Å². The van der Waals surface area contributed by atoms with Gasteiger partial charge >= 0.3 is 6.03 Å². The Morgan fingerprint density at radius 2 is 2.00 bits per heavy atom. The van der Waals surface area contributed by atoms with Crippen molar-refractivity contribution < 1.29 is 9.59 Å². The Hall–Kier alpha value is -1.52. The summed E-state index contributed by atoms with van der Waals surface area (Å²) in [6.07, 6.45) is 1.75. The van der Waals surface area contributed by atoms with E-state index < -0.39 is 0 Å². The van der Waals surface area contributed by atoms with E-state index in [2.05, 4.69) is 6.58 Å². The second-order valence-electron chi connectivity index (χ2n) is 5.77. The molecule has 1 heterocycles. The molecule has 20 heavy (non-hydrogen) atoms. The summed E-state index contributed by atoms with van der Waals surface area (Å²) in [6, 6.07) is -0.00884. The molecule has 1 fully saturated rings. The fraction of sp³-hybridized carbons (Fsp3) is 0.733. The molecule has 1 aliphatic heterocycles. The first-order valence-corrected chi connectivity index (χ1v) is 7.26. The fourth-order valence-electron chi connectivity index (χ4n) is 2.56. The van der Waals surface area contributed by atoms with Crippen molar-refractivity contribution in [3.8, 4) is 0 Å². The third-order valence-electron chi connectivity index (χ3n) is 3.58. The van der Waals surface area contributed by atoms with Crippen LogP contribution < -0.4 is 0 Å². The third kappa shape index (κ3) is 4.25. The molecular weight excluding hydrogens is 254 g/mol. The van der Waals surface area contributed by atoms with E-state index in [-0.39, 0.29) is 17.9 Å². The zero-order valence-electron chi connectivity index (χ0n) is 13.2. The minimum atomic E-state index is -0.0769. The number of carbonyl (C=O) groups is 2. The molecule has 3 amide bonds. The first-order valence-electron chi connectivity index (χ1n) is 7.26. The summed E-state index contributed by atoms with van der Waals surface area (Å²) in [5, 5.41) is 0. The van der Waals surface area contributed by atoms with Crippen molar-refractivity contribution in [3.05, 3.63) is 12.2 Å². The minimum Gasteiger partial charge on any atom is -0.339 e. The Morgan fingerprint density at radius 3 is 2.50 bits per heavy atom. The second-order valence-corrected chi connectivity index (χ2v) is 5.77. The highest BCUT2D eigenvalue weighted by molar-refractivity contribution is 5.81. The average Bonchev–Trinajstić information content (AvgIpc) is 2.42. The molecule has 1 rings (SSSR count). The van der Waals surface area contributed by atoms with E-state index >= 15 is 0 Å². The van der Waals surface area contributed by atoms with Crippen molar-refractivity contribution in [3.63, 3.8) is 0 Å². The van der Waals surface area contributed by atoms with Crippen LogP contribution in [0.15, 0.2) is 12.2 Å². The van der Waals surface area contributed by atoms with Gasteiger partial charge in [0.2, 0.25) is 5.91 Å². The van der Waals surface area contributed by atoms with Gasteiger partial charge in [-0.2, -0.15) is 0 Å². The zero-order chi connectivity index (χ0) is 15.3. The van der Waals surface area contributed by atoms with E-state index in [1.807, 2.05) is 18.7 Å². The number of carbonyl (C=O) groups excluding carboxylic acids is 2. The van der Waals surface area contributed by atoms with Crippen molar-refractivity contribution >= 4 is 11.9 Å². The molecule has 0 aliphatic carbocycles. The second kappa shape index (κ2) is 7.31. The van der Waals surface area contributed by atoms with Crippen molar-refractivity contribution in [1.82, 2.24) is 14.7 Å².